The Morgan fingerprint density at radius 1 is 1.15 bits per heavy atom. The number of hydrogen-bond donors (Lipinski definition) is 1. The van der Waals surface area contributed by atoms with Crippen molar-refractivity contribution in [3.63, 3.8) is 0 Å². The van der Waals surface area contributed by atoms with E-state index in [1.807, 2.05) is 12.1 Å². The van der Waals surface area contributed by atoms with E-state index in [-0.39, 0.29) is 16.7 Å². The number of anilines is 1. The van der Waals surface area contributed by atoms with Crippen LogP contribution in [0.15, 0.2) is 42.5 Å². The molecule has 102 valence electrons. The zero-order chi connectivity index (χ0) is 14.1. The van der Waals surface area contributed by atoms with Gasteiger partial charge in [-0.2, -0.15) is 0 Å². The minimum Gasteiger partial charge on any atom is -0.376 e. The molecule has 5 heteroatoms. The second-order valence-electron chi connectivity index (χ2n) is 4.94. The molecule has 20 heavy (non-hydrogen) atoms. The molecule has 0 saturated heterocycles. The molecule has 3 rings (SSSR count). The van der Waals surface area contributed by atoms with Crippen LogP contribution in [0.5, 0.6) is 0 Å². The summed E-state index contributed by atoms with van der Waals surface area (Å²) >= 11 is 5.93. The molecule has 0 amide bonds. The van der Waals surface area contributed by atoms with Crippen LogP contribution >= 0.6 is 11.6 Å². The zero-order valence-electron chi connectivity index (χ0n) is 10.7. The Morgan fingerprint density at radius 2 is 1.80 bits per heavy atom. The van der Waals surface area contributed by atoms with E-state index < -0.39 is 0 Å². The van der Waals surface area contributed by atoms with Crippen molar-refractivity contribution in [1.82, 2.24) is 0 Å². The first kappa shape index (κ1) is 12.9. The quantitative estimate of drug-likeness (QED) is 0.690. The summed E-state index contributed by atoms with van der Waals surface area (Å²) in [5, 5.41) is 14.8. The van der Waals surface area contributed by atoms with E-state index in [1.54, 1.807) is 6.07 Å². The maximum atomic E-state index is 11.0. The van der Waals surface area contributed by atoms with Gasteiger partial charge in [0, 0.05) is 17.1 Å². The maximum absolute atomic E-state index is 11.0. The van der Waals surface area contributed by atoms with Gasteiger partial charge in [0.1, 0.15) is 5.69 Å². The van der Waals surface area contributed by atoms with Gasteiger partial charge in [0.15, 0.2) is 0 Å². The standard InChI is InChI=1S/C15H13ClN2O2/c16-12-5-6-15(18(19)20)14(9-12)17-13-7-10-3-1-2-4-11(10)8-13/h1-6,9,13,17H,7-8H2. The van der Waals surface area contributed by atoms with Gasteiger partial charge in [-0.25, -0.2) is 0 Å². The van der Waals surface area contributed by atoms with Crippen LogP contribution < -0.4 is 5.32 Å². The molecule has 0 fully saturated rings. The maximum Gasteiger partial charge on any atom is 0.292 e. The fourth-order valence-electron chi connectivity index (χ4n) is 2.66. The Morgan fingerprint density at radius 3 is 2.40 bits per heavy atom. The van der Waals surface area contributed by atoms with E-state index in [0.717, 1.165) is 12.8 Å². The molecule has 0 atom stereocenters. The lowest BCUT2D eigenvalue weighted by Crippen LogP contribution is -2.20. The molecule has 1 aliphatic carbocycles. The lowest BCUT2D eigenvalue weighted by molar-refractivity contribution is -0.384. The molecule has 1 aliphatic rings. The SMILES string of the molecule is O=[N+]([O-])c1ccc(Cl)cc1NC1Cc2ccccc2C1. The smallest absolute Gasteiger partial charge is 0.292 e. The minimum absolute atomic E-state index is 0.0605. The summed E-state index contributed by atoms with van der Waals surface area (Å²) in [5.41, 5.74) is 3.15. The van der Waals surface area contributed by atoms with Crippen molar-refractivity contribution < 1.29 is 4.92 Å². The van der Waals surface area contributed by atoms with Crippen molar-refractivity contribution in [3.8, 4) is 0 Å². The van der Waals surface area contributed by atoms with Gasteiger partial charge in [-0.1, -0.05) is 35.9 Å². The predicted molar refractivity (Wildman–Crippen MR) is 79.4 cm³/mol. The highest BCUT2D eigenvalue weighted by Crippen LogP contribution is 2.31. The summed E-state index contributed by atoms with van der Waals surface area (Å²) in [7, 11) is 0. The summed E-state index contributed by atoms with van der Waals surface area (Å²) < 4.78 is 0. The van der Waals surface area contributed by atoms with Crippen LogP contribution in [0.3, 0.4) is 0 Å². The number of fused-ring (bicyclic) bond motifs is 1. The van der Waals surface area contributed by atoms with Crippen molar-refractivity contribution in [2.75, 3.05) is 5.32 Å². The van der Waals surface area contributed by atoms with E-state index in [2.05, 4.69) is 17.4 Å². The minimum atomic E-state index is -0.388. The molecular weight excluding hydrogens is 276 g/mol. The third-order valence-electron chi connectivity index (χ3n) is 3.57. The third-order valence-corrected chi connectivity index (χ3v) is 3.80. The van der Waals surface area contributed by atoms with Crippen molar-refractivity contribution in [2.24, 2.45) is 0 Å². The van der Waals surface area contributed by atoms with Crippen molar-refractivity contribution >= 4 is 23.0 Å². The fraction of sp³-hybridized carbons (Fsp3) is 0.200. The van der Waals surface area contributed by atoms with Gasteiger partial charge in [-0.05, 0) is 36.1 Å². The lowest BCUT2D eigenvalue weighted by atomic mass is 10.1. The molecule has 0 heterocycles. The van der Waals surface area contributed by atoms with E-state index in [4.69, 9.17) is 11.6 Å². The summed E-state index contributed by atoms with van der Waals surface area (Å²) in [6, 6.07) is 13.0. The molecule has 0 unspecified atom stereocenters. The van der Waals surface area contributed by atoms with E-state index in [0.29, 0.717) is 10.7 Å². The summed E-state index contributed by atoms with van der Waals surface area (Å²) in [5.74, 6) is 0. The van der Waals surface area contributed by atoms with Crippen LogP contribution in [0.4, 0.5) is 11.4 Å². The molecule has 0 bridgehead atoms. The summed E-state index contributed by atoms with van der Waals surface area (Å²) in [4.78, 5) is 10.7. The molecule has 0 radical (unpaired) electrons. The Bertz CT molecular complexity index is 648. The van der Waals surface area contributed by atoms with E-state index >= 15 is 0 Å². The molecule has 2 aromatic rings. The van der Waals surface area contributed by atoms with E-state index in [9.17, 15) is 10.1 Å². The van der Waals surface area contributed by atoms with Gasteiger partial charge in [-0.15, -0.1) is 0 Å². The largest absolute Gasteiger partial charge is 0.376 e. The molecular formula is C15H13ClN2O2. The normalized spacial score (nSPS) is 14.1. The number of nitro groups is 1. The van der Waals surface area contributed by atoms with Crippen LogP contribution in [-0.4, -0.2) is 11.0 Å². The Kier molecular flexibility index (Phi) is 3.32. The topological polar surface area (TPSA) is 55.2 Å². The Balaban J connectivity index is 1.83. The predicted octanol–water partition coefficient (Wildman–Crippen LogP) is 3.83. The second kappa shape index (κ2) is 5.13. The van der Waals surface area contributed by atoms with Crippen LogP contribution in [-0.2, 0) is 12.8 Å². The van der Waals surface area contributed by atoms with Gasteiger partial charge in [0.2, 0.25) is 0 Å². The number of hydrogen-bond acceptors (Lipinski definition) is 3. The monoisotopic (exact) mass is 288 g/mol. The summed E-state index contributed by atoms with van der Waals surface area (Å²) in [6.45, 7) is 0. The van der Waals surface area contributed by atoms with Gasteiger partial charge in [0.25, 0.3) is 5.69 Å². The first-order valence-electron chi connectivity index (χ1n) is 6.41. The number of nitrogens with one attached hydrogen (secondary N) is 1. The zero-order valence-corrected chi connectivity index (χ0v) is 11.4. The van der Waals surface area contributed by atoms with Crippen molar-refractivity contribution in [1.29, 1.82) is 0 Å². The molecule has 0 spiro atoms. The van der Waals surface area contributed by atoms with Crippen LogP contribution in [0.25, 0.3) is 0 Å². The molecule has 4 nitrogen and oxygen atoms in total. The molecule has 2 aromatic carbocycles. The van der Waals surface area contributed by atoms with Crippen LogP contribution in [0.2, 0.25) is 5.02 Å². The van der Waals surface area contributed by atoms with Crippen molar-refractivity contribution in [2.45, 2.75) is 18.9 Å². The number of rotatable bonds is 3. The average Bonchev–Trinajstić information content (AvgIpc) is 2.80. The van der Waals surface area contributed by atoms with Crippen LogP contribution in [0, 0.1) is 10.1 Å². The van der Waals surface area contributed by atoms with Crippen molar-refractivity contribution in [3.05, 3.63) is 68.7 Å². The highest BCUT2D eigenvalue weighted by atomic mass is 35.5. The second-order valence-corrected chi connectivity index (χ2v) is 5.37. The van der Waals surface area contributed by atoms with Gasteiger partial charge in [-0.3, -0.25) is 10.1 Å². The number of benzene rings is 2. The Hall–Kier alpha value is -2.07. The van der Waals surface area contributed by atoms with Gasteiger partial charge < -0.3 is 5.32 Å². The number of halogens is 1. The summed E-state index contributed by atoms with van der Waals surface area (Å²) in [6.07, 6.45) is 1.75. The number of nitrogens with zero attached hydrogens (tertiary/aromatic N) is 1. The fourth-order valence-corrected chi connectivity index (χ4v) is 2.84. The third kappa shape index (κ3) is 2.47. The van der Waals surface area contributed by atoms with Crippen LogP contribution in [0.1, 0.15) is 11.1 Å². The first-order chi connectivity index (χ1) is 9.63. The number of nitro benzene ring substituents is 1. The highest BCUT2D eigenvalue weighted by molar-refractivity contribution is 6.31. The van der Waals surface area contributed by atoms with Gasteiger partial charge >= 0.3 is 0 Å². The molecule has 0 aliphatic heterocycles. The first-order valence-corrected chi connectivity index (χ1v) is 6.78. The highest BCUT2D eigenvalue weighted by Gasteiger charge is 2.23. The average molecular weight is 289 g/mol. The molecule has 0 saturated carbocycles. The van der Waals surface area contributed by atoms with E-state index in [1.165, 1.54) is 23.3 Å². The molecule has 0 aromatic heterocycles. The van der Waals surface area contributed by atoms with Gasteiger partial charge in [0.05, 0.1) is 4.92 Å². The Labute approximate surface area is 121 Å². The molecule has 1 N–H and O–H groups in total. The lowest BCUT2D eigenvalue weighted by Gasteiger charge is -2.13.